The molecule has 0 bridgehead atoms. The van der Waals surface area contributed by atoms with Crippen molar-refractivity contribution in [1.29, 1.82) is 0 Å². The number of amides is 1. The van der Waals surface area contributed by atoms with E-state index in [0.29, 0.717) is 28.3 Å². The maximum absolute atomic E-state index is 12.3. The van der Waals surface area contributed by atoms with Crippen LogP contribution in [-0.2, 0) is 16.1 Å². The largest absolute Gasteiger partial charge is 0.451 e. The summed E-state index contributed by atoms with van der Waals surface area (Å²) in [7, 11) is 0. The fourth-order valence-corrected chi connectivity index (χ4v) is 3.47. The number of aromatic amines is 1. The molecule has 30 heavy (non-hydrogen) atoms. The van der Waals surface area contributed by atoms with Crippen LogP contribution in [0.1, 0.15) is 16.1 Å². The molecule has 0 saturated carbocycles. The second-order valence-electron chi connectivity index (χ2n) is 6.45. The highest BCUT2D eigenvalue weighted by Crippen LogP contribution is 2.27. The summed E-state index contributed by atoms with van der Waals surface area (Å²) < 4.78 is 6.70. The number of carbonyl (C=O) groups is 2. The summed E-state index contributed by atoms with van der Waals surface area (Å²) in [5.41, 5.74) is 1.68. The van der Waals surface area contributed by atoms with Gasteiger partial charge in [0.15, 0.2) is 6.61 Å². The molecule has 0 unspecified atom stereocenters. The predicted molar refractivity (Wildman–Crippen MR) is 115 cm³/mol. The standard InChI is InChI=1S/C21H16Cl2N4O3/c22-15-7-3-1-5-13(15)11-27-17(9-10-24-27)26-18(28)12-30-21(29)20-19(23)14-6-2-4-8-16(14)25-20/h1-10,25H,11-12H2,(H,26,28). The lowest BCUT2D eigenvalue weighted by Gasteiger charge is -2.10. The van der Waals surface area contributed by atoms with Gasteiger partial charge in [0.05, 0.1) is 17.8 Å². The third-order valence-corrected chi connectivity index (χ3v) is 5.20. The van der Waals surface area contributed by atoms with Crippen molar-refractivity contribution >= 4 is 51.8 Å². The Bertz CT molecular complexity index is 1230. The van der Waals surface area contributed by atoms with Crippen LogP contribution in [-0.4, -0.2) is 33.2 Å². The van der Waals surface area contributed by atoms with Crippen LogP contribution in [0.25, 0.3) is 10.9 Å². The van der Waals surface area contributed by atoms with E-state index in [1.807, 2.05) is 30.3 Å². The zero-order valence-corrected chi connectivity index (χ0v) is 17.1. The normalized spacial score (nSPS) is 10.9. The molecule has 9 heteroatoms. The summed E-state index contributed by atoms with van der Waals surface area (Å²) in [6.45, 7) is -0.0887. The molecule has 2 aromatic carbocycles. The van der Waals surface area contributed by atoms with Crippen LogP contribution in [0.4, 0.5) is 5.82 Å². The Labute approximate surface area is 181 Å². The number of esters is 1. The number of hydrogen-bond acceptors (Lipinski definition) is 4. The lowest BCUT2D eigenvalue weighted by Crippen LogP contribution is -2.23. The molecule has 0 atom stereocenters. The summed E-state index contributed by atoms with van der Waals surface area (Å²) in [6.07, 6.45) is 1.56. The number of para-hydroxylation sites is 1. The van der Waals surface area contributed by atoms with Crippen LogP contribution >= 0.6 is 23.2 Å². The minimum absolute atomic E-state index is 0.106. The molecule has 4 rings (SSSR count). The van der Waals surface area contributed by atoms with E-state index in [-0.39, 0.29) is 10.7 Å². The van der Waals surface area contributed by atoms with E-state index < -0.39 is 18.5 Å². The first-order valence-corrected chi connectivity index (χ1v) is 9.77. The summed E-state index contributed by atoms with van der Waals surface area (Å²) >= 11 is 12.4. The van der Waals surface area contributed by atoms with Crippen LogP contribution in [0.3, 0.4) is 0 Å². The summed E-state index contributed by atoms with van der Waals surface area (Å²) in [4.78, 5) is 27.5. The number of carbonyl (C=O) groups excluding carboxylic acids is 2. The number of halogens is 2. The second kappa shape index (κ2) is 8.61. The van der Waals surface area contributed by atoms with Crippen molar-refractivity contribution in [1.82, 2.24) is 14.8 Å². The number of nitrogens with zero attached hydrogens (tertiary/aromatic N) is 2. The molecule has 7 nitrogen and oxygen atoms in total. The highest BCUT2D eigenvalue weighted by molar-refractivity contribution is 6.38. The fourth-order valence-electron chi connectivity index (χ4n) is 2.98. The van der Waals surface area contributed by atoms with Gasteiger partial charge in [-0.15, -0.1) is 0 Å². The molecule has 0 saturated heterocycles. The number of H-pyrrole nitrogens is 1. The van der Waals surface area contributed by atoms with Crippen molar-refractivity contribution in [2.24, 2.45) is 0 Å². The summed E-state index contributed by atoms with van der Waals surface area (Å²) in [5.74, 6) is -0.757. The third kappa shape index (κ3) is 4.17. The fraction of sp³-hybridized carbons (Fsp3) is 0.0952. The van der Waals surface area contributed by atoms with Gasteiger partial charge in [0, 0.05) is 22.0 Å². The number of hydrogen-bond donors (Lipinski definition) is 2. The predicted octanol–water partition coefficient (Wildman–Crippen LogP) is 4.52. The zero-order chi connectivity index (χ0) is 21.1. The van der Waals surface area contributed by atoms with Crippen LogP contribution in [0.15, 0.2) is 60.8 Å². The summed E-state index contributed by atoms with van der Waals surface area (Å²) in [5, 5.41) is 8.45. The van der Waals surface area contributed by atoms with E-state index in [0.717, 1.165) is 5.56 Å². The van der Waals surface area contributed by atoms with Gasteiger partial charge in [-0.3, -0.25) is 4.79 Å². The van der Waals surface area contributed by atoms with E-state index >= 15 is 0 Å². The molecule has 0 aliphatic carbocycles. The van der Waals surface area contributed by atoms with Gasteiger partial charge in [-0.05, 0) is 17.7 Å². The van der Waals surface area contributed by atoms with Gasteiger partial charge in [0.25, 0.3) is 5.91 Å². The molecule has 0 radical (unpaired) electrons. The Morgan fingerprint density at radius 3 is 2.63 bits per heavy atom. The van der Waals surface area contributed by atoms with E-state index in [9.17, 15) is 9.59 Å². The van der Waals surface area contributed by atoms with E-state index in [2.05, 4.69) is 15.4 Å². The van der Waals surface area contributed by atoms with Crippen molar-refractivity contribution in [2.75, 3.05) is 11.9 Å². The van der Waals surface area contributed by atoms with Gasteiger partial charge < -0.3 is 15.0 Å². The first-order chi connectivity index (χ1) is 14.5. The Hall–Kier alpha value is -3.29. The van der Waals surface area contributed by atoms with Crippen LogP contribution in [0.5, 0.6) is 0 Å². The molecular weight excluding hydrogens is 427 g/mol. The molecule has 0 aliphatic rings. The lowest BCUT2D eigenvalue weighted by atomic mass is 10.2. The molecular formula is C21H16Cl2N4O3. The minimum atomic E-state index is -0.712. The van der Waals surface area contributed by atoms with Crippen molar-refractivity contribution in [2.45, 2.75) is 6.54 Å². The first kappa shape index (κ1) is 20.0. The molecule has 0 spiro atoms. The minimum Gasteiger partial charge on any atom is -0.451 e. The van der Waals surface area contributed by atoms with E-state index in [4.69, 9.17) is 27.9 Å². The van der Waals surface area contributed by atoms with Gasteiger partial charge in [-0.2, -0.15) is 5.10 Å². The Kier molecular flexibility index (Phi) is 5.74. The smallest absolute Gasteiger partial charge is 0.356 e. The molecule has 2 heterocycles. The number of aromatic nitrogens is 3. The molecule has 1 amide bonds. The van der Waals surface area contributed by atoms with Crippen LogP contribution in [0.2, 0.25) is 10.0 Å². The summed E-state index contributed by atoms with van der Waals surface area (Å²) in [6, 6.07) is 16.2. The van der Waals surface area contributed by atoms with Gasteiger partial charge in [-0.25, -0.2) is 9.48 Å². The van der Waals surface area contributed by atoms with Crippen molar-refractivity contribution in [3.05, 3.63) is 82.1 Å². The SMILES string of the molecule is O=C(COC(=O)c1[nH]c2ccccc2c1Cl)Nc1ccnn1Cc1ccccc1Cl. The van der Waals surface area contributed by atoms with Gasteiger partial charge in [0.2, 0.25) is 0 Å². The quantitative estimate of drug-likeness (QED) is 0.429. The maximum Gasteiger partial charge on any atom is 0.356 e. The molecule has 2 aromatic heterocycles. The lowest BCUT2D eigenvalue weighted by molar-refractivity contribution is -0.119. The molecule has 0 aliphatic heterocycles. The molecule has 0 fully saturated rings. The third-order valence-electron chi connectivity index (χ3n) is 4.44. The van der Waals surface area contributed by atoms with Crippen molar-refractivity contribution < 1.29 is 14.3 Å². The number of ether oxygens (including phenoxy) is 1. The number of rotatable bonds is 6. The average molecular weight is 443 g/mol. The van der Waals surface area contributed by atoms with Gasteiger partial charge in [-0.1, -0.05) is 59.6 Å². The number of anilines is 1. The van der Waals surface area contributed by atoms with Gasteiger partial charge >= 0.3 is 5.97 Å². The van der Waals surface area contributed by atoms with Crippen molar-refractivity contribution in [3.63, 3.8) is 0 Å². The van der Waals surface area contributed by atoms with E-state index in [1.165, 1.54) is 0 Å². The Morgan fingerprint density at radius 2 is 1.83 bits per heavy atom. The van der Waals surface area contributed by atoms with Crippen LogP contribution in [0, 0.1) is 0 Å². The highest BCUT2D eigenvalue weighted by Gasteiger charge is 2.19. The van der Waals surface area contributed by atoms with Crippen molar-refractivity contribution in [3.8, 4) is 0 Å². The number of nitrogens with one attached hydrogen (secondary N) is 2. The Balaban J connectivity index is 1.38. The molecule has 152 valence electrons. The first-order valence-electron chi connectivity index (χ1n) is 9.01. The average Bonchev–Trinajstić information content (AvgIpc) is 3.32. The topological polar surface area (TPSA) is 89.0 Å². The number of benzene rings is 2. The van der Waals surface area contributed by atoms with Gasteiger partial charge in [0.1, 0.15) is 11.5 Å². The molecule has 2 N–H and O–H groups in total. The zero-order valence-electron chi connectivity index (χ0n) is 15.6. The number of fused-ring (bicyclic) bond motifs is 1. The highest BCUT2D eigenvalue weighted by atomic mass is 35.5. The second-order valence-corrected chi connectivity index (χ2v) is 7.23. The monoisotopic (exact) mass is 442 g/mol. The molecule has 4 aromatic rings. The maximum atomic E-state index is 12.3. The van der Waals surface area contributed by atoms with Crippen LogP contribution < -0.4 is 5.32 Å². The van der Waals surface area contributed by atoms with E-state index in [1.54, 1.807) is 35.1 Å². The Morgan fingerprint density at radius 1 is 1.07 bits per heavy atom.